The SMILES string of the molecule is CCN1C(=O)/C(=C\c2cccc(OCC(=O)O)c2)S/C1=N/c1nc(C)cs1. The second-order valence-corrected chi connectivity index (χ2v) is 7.43. The summed E-state index contributed by atoms with van der Waals surface area (Å²) in [5, 5.41) is 11.8. The monoisotopic (exact) mass is 403 g/mol. The lowest BCUT2D eigenvalue weighted by atomic mass is 10.2. The normalized spacial score (nSPS) is 17.1. The summed E-state index contributed by atoms with van der Waals surface area (Å²) in [5.41, 5.74) is 1.64. The number of amides is 1. The first kappa shape index (κ1) is 19.1. The average Bonchev–Trinajstić information content (AvgIpc) is 3.17. The minimum Gasteiger partial charge on any atom is -0.482 e. The van der Waals surface area contributed by atoms with Crippen molar-refractivity contribution in [2.75, 3.05) is 13.2 Å². The number of aliphatic carboxylic acids is 1. The van der Waals surface area contributed by atoms with Gasteiger partial charge >= 0.3 is 5.97 Å². The van der Waals surface area contributed by atoms with Crippen LogP contribution in [0, 0.1) is 6.92 Å². The Morgan fingerprint density at radius 3 is 2.93 bits per heavy atom. The van der Waals surface area contributed by atoms with E-state index in [9.17, 15) is 9.59 Å². The smallest absolute Gasteiger partial charge is 0.341 e. The summed E-state index contributed by atoms with van der Waals surface area (Å²) in [5.74, 6) is -0.731. The van der Waals surface area contributed by atoms with Crippen molar-refractivity contribution >= 4 is 51.4 Å². The average molecular weight is 403 g/mol. The molecular formula is C18H17N3O4S2. The number of thiazole rings is 1. The van der Waals surface area contributed by atoms with Gasteiger partial charge in [-0.05, 0) is 49.4 Å². The fourth-order valence-corrected chi connectivity index (χ4v) is 4.10. The molecule has 3 rings (SSSR count). The van der Waals surface area contributed by atoms with E-state index in [0.29, 0.717) is 27.5 Å². The molecule has 0 radical (unpaired) electrons. The molecule has 2 aromatic rings. The van der Waals surface area contributed by atoms with Crippen LogP contribution in [0.1, 0.15) is 18.2 Å². The zero-order valence-electron chi connectivity index (χ0n) is 14.7. The lowest BCUT2D eigenvalue weighted by Gasteiger charge is -2.11. The maximum Gasteiger partial charge on any atom is 0.341 e. The highest BCUT2D eigenvalue weighted by Gasteiger charge is 2.32. The van der Waals surface area contributed by atoms with Crippen LogP contribution in [0.3, 0.4) is 0 Å². The predicted octanol–water partition coefficient (Wildman–Crippen LogP) is 3.54. The van der Waals surface area contributed by atoms with Crippen LogP contribution in [0.4, 0.5) is 5.13 Å². The van der Waals surface area contributed by atoms with Gasteiger partial charge in [0.25, 0.3) is 5.91 Å². The first-order chi connectivity index (χ1) is 13.0. The van der Waals surface area contributed by atoms with Crippen LogP contribution in [-0.4, -0.2) is 45.2 Å². The molecule has 0 atom stereocenters. The zero-order valence-corrected chi connectivity index (χ0v) is 16.3. The second-order valence-electron chi connectivity index (χ2n) is 5.58. The van der Waals surface area contributed by atoms with Crippen molar-refractivity contribution < 1.29 is 19.4 Å². The maximum atomic E-state index is 12.7. The number of carbonyl (C=O) groups is 2. The Balaban J connectivity index is 1.84. The first-order valence-corrected chi connectivity index (χ1v) is 9.82. The van der Waals surface area contributed by atoms with Gasteiger partial charge in [-0.1, -0.05) is 12.1 Å². The van der Waals surface area contributed by atoms with E-state index in [1.54, 1.807) is 29.2 Å². The van der Waals surface area contributed by atoms with E-state index in [-0.39, 0.29) is 5.91 Å². The van der Waals surface area contributed by atoms with Crippen molar-refractivity contribution in [2.24, 2.45) is 4.99 Å². The molecule has 9 heteroatoms. The number of benzene rings is 1. The molecule has 1 aliphatic heterocycles. The van der Waals surface area contributed by atoms with E-state index in [2.05, 4.69) is 9.98 Å². The van der Waals surface area contributed by atoms with Gasteiger partial charge in [-0.3, -0.25) is 9.69 Å². The van der Waals surface area contributed by atoms with Crippen molar-refractivity contribution in [3.63, 3.8) is 0 Å². The third-order valence-electron chi connectivity index (χ3n) is 3.52. The summed E-state index contributed by atoms with van der Waals surface area (Å²) < 4.78 is 5.18. The third kappa shape index (κ3) is 4.75. The molecule has 1 fully saturated rings. The number of likely N-dealkylation sites (N-methyl/N-ethyl adjacent to an activating group) is 1. The number of rotatable bonds is 6. The molecule has 1 amide bonds. The first-order valence-electron chi connectivity index (χ1n) is 8.13. The summed E-state index contributed by atoms with van der Waals surface area (Å²) in [6, 6.07) is 6.94. The second kappa shape index (κ2) is 8.36. The van der Waals surface area contributed by atoms with Gasteiger partial charge in [0.2, 0.25) is 5.13 Å². The van der Waals surface area contributed by atoms with E-state index < -0.39 is 12.6 Å². The van der Waals surface area contributed by atoms with Crippen molar-refractivity contribution in [3.05, 3.63) is 45.8 Å². The number of hydrogen-bond acceptors (Lipinski definition) is 7. The van der Waals surface area contributed by atoms with Gasteiger partial charge in [0.15, 0.2) is 11.8 Å². The van der Waals surface area contributed by atoms with Crippen molar-refractivity contribution in [1.82, 2.24) is 9.88 Å². The lowest BCUT2D eigenvalue weighted by molar-refractivity contribution is -0.139. The van der Waals surface area contributed by atoms with E-state index in [1.807, 2.05) is 25.3 Å². The van der Waals surface area contributed by atoms with E-state index in [4.69, 9.17) is 9.84 Å². The van der Waals surface area contributed by atoms with Crippen molar-refractivity contribution in [1.29, 1.82) is 0 Å². The molecule has 0 saturated carbocycles. The number of aliphatic imine (C=N–C) groups is 1. The van der Waals surface area contributed by atoms with Crippen LogP contribution in [0.15, 0.2) is 39.5 Å². The molecular weight excluding hydrogens is 386 g/mol. The Morgan fingerprint density at radius 2 is 2.26 bits per heavy atom. The Kier molecular flexibility index (Phi) is 5.92. The molecule has 140 valence electrons. The highest BCUT2D eigenvalue weighted by Crippen LogP contribution is 2.34. The maximum absolute atomic E-state index is 12.7. The van der Waals surface area contributed by atoms with Crippen LogP contribution >= 0.6 is 23.1 Å². The molecule has 1 aromatic heterocycles. The molecule has 7 nitrogen and oxygen atoms in total. The molecule has 1 saturated heterocycles. The van der Waals surface area contributed by atoms with Crippen molar-refractivity contribution in [2.45, 2.75) is 13.8 Å². The zero-order chi connectivity index (χ0) is 19.4. The molecule has 0 spiro atoms. The molecule has 27 heavy (non-hydrogen) atoms. The van der Waals surface area contributed by atoms with Crippen LogP contribution in [-0.2, 0) is 9.59 Å². The number of hydrogen-bond donors (Lipinski definition) is 1. The Bertz CT molecular complexity index is 936. The summed E-state index contributed by atoms with van der Waals surface area (Å²) in [6.07, 6.45) is 1.75. The van der Waals surface area contributed by atoms with Gasteiger partial charge < -0.3 is 9.84 Å². The summed E-state index contributed by atoms with van der Waals surface area (Å²) in [7, 11) is 0. The number of carboxylic acids is 1. The van der Waals surface area contributed by atoms with Gasteiger partial charge in [0, 0.05) is 11.9 Å². The van der Waals surface area contributed by atoms with Gasteiger partial charge in [-0.2, -0.15) is 4.99 Å². The largest absolute Gasteiger partial charge is 0.482 e. The van der Waals surface area contributed by atoms with E-state index in [0.717, 1.165) is 11.3 Å². The molecule has 1 N–H and O–H groups in total. The highest BCUT2D eigenvalue weighted by molar-refractivity contribution is 8.18. The Morgan fingerprint density at radius 1 is 1.44 bits per heavy atom. The summed E-state index contributed by atoms with van der Waals surface area (Å²) in [6.45, 7) is 3.88. The molecule has 0 unspecified atom stereocenters. The van der Waals surface area contributed by atoms with Crippen molar-refractivity contribution in [3.8, 4) is 5.75 Å². The number of ether oxygens (including phenoxy) is 1. The van der Waals surface area contributed by atoms with Gasteiger partial charge in [0.1, 0.15) is 5.75 Å². The van der Waals surface area contributed by atoms with Crippen LogP contribution in [0.25, 0.3) is 6.08 Å². The van der Waals surface area contributed by atoms with E-state index in [1.165, 1.54) is 23.1 Å². The fourth-order valence-electron chi connectivity index (χ4n) is 2.34. The molecule has 1 aliphatic rings. The number of nitrogens with zero attached hydrogens (tertiary/aromatic N) is 3. The van der Waals surface area contributed by atoms with E-state index >= 15 is 0 Å². The molecule has 0 aliphatic carbocycles. The minimum atomic E-state index is -1.04. The number of amidine groups is 1. The van der Waals surface area contributed by atoms with Gasteiger partial charge in [-0.25, -0.2) is 9.78 Å². The predicted molar refractivity (Wildman–Crippen MR) is 106 cm³/mol. The Hall–Kier alpha value is -2.65. The highest BCUT2D eigenvalue weighted by atomic mass is 32.2. The topological polar surface area (TPSA) is 92.1 Å². The summed E-state index contributed by atoms with van der Waals surface area (Å²) in [4.78, 5) is 34.3. The number of aryl methyl sites for hydroxylation is 1. The summed E-state index contributed by atoms with van der Waals surface area (Å²) >= 11 is 2.72. The number of thioether (sulfide) groups is 1. The van der Waals surface area contributed by atoms with Crippen LogP contribution in [0.2, 0.25) is 0 Å². The fraction of sp³-hybridized carbons (Fsp3) is 0.222. The van der Waals surface area contributed by atoms with Crippen LogP contribution < -0.4 is 4.74 Å². The van der Waals surface area contributed by atoms with Gasteiger partial charge in [0.05, 0.1) is 10.6 Å². The number of carboxylic acid groups (broad SMARTS) is 1. The number of carbonyl (C=O) groups excluding carboxylic acids is 1. The lowest BCUT2D eigenvalue weighted by Crippen LogP contribution is -2.28. The molecule has 2 heterocycles. The minimum absolute atomic E-state index is 0.119. The number of aromatic nitrogens is 1. The quantitative estimate of drug-likeness (QED) is 0.742. The van der Waals surface area contributed by atoms with Crippen LogP contribution in [0.5, 0.6) is 5.75 Å². The standard InChI is InChI=1S/C18H17N3O4S2/c1-3-21-16(24)14(27-18(21)20-17-19-11(2)10-26-17)8-12-5-4-6-13(7-12)25-9-15(22)23/h4-8,10H,3,9H2,1-2H3,(H,22,23)/b14-8+,20-18+. The molecule has 0 bridgehead atoms. The Labute approximate surface area is 164 Å². The molecule has 1 aromatic carbocycles. The van der Waals surface area contributed by atoms with Gasteiger partial charge in [-0.15, -0.1) is 11.3 Å². The third-order valence-corrected chi connectivity index (χ3v) is 5.38.